The van der Waals surface area contributed by atoms with E-state index in [-0.39, 0.29) is 11.4 Å². The summed E-state index contributed by atoms with van der Waals surface area (Å²) in [5.74, 6) is 0.334. The second kappa shape index (κ2) is 6.11. The van der Waals surface area contributed by atoms with Gasteiger partial charge in [0.05, 0.1) is 23.4 Å². The van der Waals surface area contributed by atoms with Crippen molar-refractivity contribution in [3.05, 3.63) is 45.5 Å². The quantitative estimate of drug-likeness (QED) is 0.884. The third-order valence-corrected chi connectivity index (χ3v) is 3.31. The zero-order chi connectivity index (χ0) is 14.7. The molecule has 0 unspecified atom stereocenters. The monoisotopic (exact) mass is 355 g/mol. The van der Waals surface area contributed by atoms with Gasteiger partial charge in [-0.05, 0) is 34.1 Å². The number of hydrogen-bond donors (Lipinski definition) is 2. The molecule has 0 saturated carbocycles. The van der Waals surface area contributed by atoms with Crippen LogP contribution in [0.15, 0.2) is 34.9 Å². The molecule has 2 aromatic rings. The maximum atomic E-state index is 12.2. The predicted octanol–water partition coefficient (Wildman–Crippen LogP) is 3.34. The van der Waals surface area contributed by atoms with Gasteiger partial charge in [0.1, 0.15) is 11.6 Å². The van der Waals surface area contributed by atoms with Crippen LogP contribution < -0.4 is 15.8 Å². The van der Waals surface area contributed by atoms with Gasteiger partial charge in [-0.15, -0.1) is 0 Å². The molecule has 20 heavy (non-hydrogen) atoms. The van der Waals surface area contributed by atoms with Crippen molar-refractivity contribution in [3.8, 4) is 5.75 Å². The van der Waals surface area contributed by atoms with Gasteiger partial charge in [0.2, 0.25) is 0 Å². The molecule has 0 aliphatic rings. The van der Waals surface area contributed by atoms with E-state index in [0.29, 0.717) is 20.9 Å². The fourth-order valence-electron chi connectivity index (χ4n) is 1.55. The average molecular weight is 357 g/mol. The molecule has 5 nitrogen and oxygen atoms in total. The molecular weight excluding hydrogens is 346 g/mol. The van der Waals surface area contributed by atoms with Gasteiger partial charge in [-0.1, -0.05) is 11.6 Å². The molecule has 1 amide bonds. The Bertz CT molecular complexity index is 664. The summed E-state index contributed by atoms with van der Waals surface area (Å²) in [4.78, 5) is 16.1. The van der Waals surface area contributed by atoms with Crippen LogP contribution in [0.3, 0.4) is 0 Å². The Balaban J connectivity index is 2.30. The number of aromatic nitrogens is 1. The summed E-state index contributed by atoms with van der Waals surface area (Å²) in [6.07, 6.45) is 1.52. The molecule has 0 fully saturated rings. The van der Waals surface area contributed by atoms with Crippen LogP contribution in [0, 0.1) is 0 Å². The molecule has 0 spiro atoms. The number of carbonyl (C=O) groups excluding carboxylic acids is 1. The number of rotatable bonds is 3. The predicted molar refractivity (Wildman–Crippen MR) is 82.3 cm³/mol. The van der Waals surface area contributed by atoms with Crippen molar-refractivity contribution in [1.29, 1.82) is 0 Å². The zero-order valence-corrected chi connectivity index (χ0v) is 12.8. The van der Waals surface area contributed by atoms with Crippen LogP contribution in [0.4, 0.5) is 11.5 Å². The lowest BCUT2D eigenvalue weighted by Crippen LogP contribution is -2.15. The highest BCUT2D eigenvalue weighted by Gasteiger charge is 2.13. The molecule has 104 valence electrons. The summed E-state index contributed by atoms with van der Waals surface area (Å²) >= 11 is 9.27. The minimum Gasteiger partial charge on any atom is -0.497 e. The van der Waals surface area contributed by atoms with E-state index in [9.17, 15) is 4.79 Å². The van der Waals surface area contributed by atoms with Crippen molar-refractivity contribution >= 4 is 44.9 Å². The number of nitrogens with two attached hydrogens (primary N) is 1. The van der Waals surface area contributed by atoms with E-state index in [4.69, 9.17) is 22.1 Å². The third kappa shape index (κ3) is 3.20. The molecule has 1 aromatic carbocycles. The third-order valence-electron chi connectivity index (χ3n) is 2.55. The Hall–Kier alpha value is -1.79. The van der Waals surface area contributed by atoms with E-state index >= 15 is 0 Å². The molecule has 0 aliphatic carbocycles. The van der Waals surface area contributed by atoms with Crippen molar-refractivity contribution in [2.45, 2.75) is 0 Å². The number of halogens is 2. The minimum atomic E-state index is -0.397. The van der Waals surface area contributed by atoms with Gasteiger partial charge >= 0.3 is 0 Å². The number of carbonyl (C=O) groups is 1. The first kappa shape index (κ1) is 14.6. The van der Waals surface area contributed by atoms with Crippen LogP contribution in [0.2, 0.25) is 5.02 Å². The number of amides is 1. The van der Waals surface area contributed by atoms with E-state index < -0.39 is 5.91 Å². The number of ether oxygens (including phenoxy) is 1. The highest BCUT2D eigenvalue weighted by molar-refractivity contribution is 9.10. The summed E-state index contributed by atoms with van der Waals surface area (Å²) in [5, 5.41) is 3.08. The highest BCUT2D eigenvalue weighted by atomic mass is 79.9. The van der Waals surface area contributed by atoms with E-state index in [1.54, 1.807) is 24.3 Å². The van der Waals surface area contributed by atoms with Crippen LogP contribution in [-0.4, -0.2) is 18.0 Å². The summed E-state index contributed by atoms with van der Waals surface area (Å²) in [5.41, 5.74) is 6.39. The van der Waals surface area contributed by atoms with Crippen molar-refractivity contribution in [3.63, 3.8) is 0 Å². The summed E-state index contributed by atoms with van der Waals surface area (Å²) in [6.45, 7) is 0. The number of nitrogen functional groups attached to an aromatic ring is 1. The van der Waals surface area contributed by atoms with Crippen LogP contribution >= 0.6 is 27.5 Å². The molecule has 0 saturated heterocycles. The number of pyridine rings is 1. The van der Waals surface area contributed by atoms with Crippen molar-refractivity contribution < 1.29 is 9.53 Å². The van der Waals surface area contributed by atoms with Crippen molar-refractivity contribution in [2.24, 2.45) is 0 Å². The fourth-order valence-corrected chi connectivity index (χ4v) is 2.04. The maximum absolute atomic E-state index is 12.2. The zero-order valence-electron chi connectivity index (χ0n) is 10.5. The van der Waals surface area contributed by atoms with Crippen LogP contribution in [-0.2, 0) is 0 Å². The van der Waals surface area contributed by atoms with Gasteiger partial charge in [0, 0.05) is 16.7 Å². The minimum absolute atomic E-state index is 0.143. The van der Waals surface area contributed by atoms with Gasteiger partial charge in [0.25, 0.3) is 5.91 Å². The largest absolute Gasteiger partial charge is 0.497 e. The van der Waals surface area contributed by atoms with Crippen LogP contribution in [0.1, 0.15) is 10.4 Å². The number of methoxy groups -OCH3 is 1. The standard InChI is InChI=1S/C13H11BrClN3O2/c1-20-8-2-3-10(15)11(5-8)18-13(19)9-4-7(14)6-17-12(9)16/h2-6H,1H3,(H2,16,17)(H,18,19). The normalized spacial score (nSPS) is 10.2. The van der Waals surface area contributed by atoms with Gasteiger partial charge in [-0.2, -0.15) is 0 Å². The molecule has 1 aromatic heterocycles. The Morgan fingerprint density at radius 1 is 1.45 bits per heavy atom. The summed E-state index contributed by atoms with van der Waals surface area (Å²) < 4.78 is 5.75. The first-order valence-corrected chi connectivity index (χ1v) is 6.74. The lowest BCUT2D eigenvalue weighted by Gasteiger charge is -2.10. The van der Waals surface area contributed by atoms with Gasteiger partial charge in [0.15, 0.2) is 0 Å². The Morgan fingerprint density at radius 3 is 2.90 bits per heavy atom. The molecule has 1 heterocycles. The second-order valence-electron chi connectivity index (χ2n) is 3.89. The van der Waals surface area contributed by atoms with E-state index in [1.165, 1.54) is 13.3 Å². The molecule has 0 radical (unpaired) electrons. The molecule has 3 N–H and O–H groups in total. The molecule has 2 rings (SSSR count). The molecule has 0 aliphatic heterocycles. The molecule has 7 heteroatoms. The second-order valence-corrected chi connectivity index (χ2v) is 5.21. The lowest BCUT2D eigenvalue weighted by molar-refractivity contribution is 0.102. The number of hydrogen-bond acceptors (Lipinski definition) is 4. The van der Waals surface area contributed by atoms with E-state index in [2.05, 4.69) is 26.2 Å². The summed E-state index contributed by atoms with van der Waals surface area (Å²) in [7, 11) is 1.53. The summed E-state index contributed by atoms with van der Waals surface area (Å²) in [6, 6.07) is 6.55. The number of nitrogens with zero attached hydrogens (tertiary/aromatic N) is 1. The van der Waals surface area contributed by atoms with Gasteiger partial charge in [-0.25, -0.2) is 4.98 Å². The maximum Gasteiger partial charge on any atom is 0.259 e. The average Bonchev–Trinajstić information content (AvgIpc) is 2.43. The topological polar surface area (TPSA) is 77.2 Å². The Kier molecular flexibility index (Phi) is 4.46. The lowest BCUT2D eigenvalue weighted by atomic mass is 10.2. The molecule has 0 bridgehead atoms. The number of nitrogens with one attached hydrogen (secondary N) is 1. The van der Waals surface area contributed by atoms with E-state index in [0.717, 1.165) is 0 Å². The highest BCUT2D eigenvalue weighted by Crippen LogP contribution is 2.27. The Morgan fingerprint density at radius 2 is 2.20 bits per heavy atom. The Labute approximate surface area is 129 Å². The first-order chi connectivity index (χ1) is 9.51. The van der Waals surface area contributed by atoms with Crippen molar-refractivity contribution in [1.82, 2.24) is 4.98 Å². The number of benzene rings is 1. The first-order valence-electron chi connectivity index (χ1n) is 5.57. The smallest absolute Gasteiger partial charge is 0.259 e. The van der Waals surface area contributed by atoms with Gasteiger partial charge in [-0.3, -0.25) is 4.79 Å². The molecule has 0 atom stereocenters. The van der Waals surface area contributed by atoms with Gasteiger partial charge < -0.3 is 15.8 Å². The molecular formula is C13H11BrClN3O2. The fraction of sp³-hybridized carbons (Fsp3) is 0.0769. The number of anilines is 2. The SMILES string of the molecule is COc1ccc(Cl)c(NC(=O)c2cc(Br)cnc2N)c1. The van der Waals surface area contributed by atoms with Crippen molar-refractivity contribution in [2.75, 3.05) is 18.2 Å². The van der Waals surface area contributed by atoms with Crippen LogP contribution in [0.25, 0.3) is 0 Å². The van der Waals surface area contributed by atoms with Crippen LogP contribution in [0.5, 0.6) is 5.75 Å². The van der Waals surface area contributed by atoms with E-state index in [1.807, 2.05) is 0 Å².